The monoisotopic (exact) mass is 909 g/mol. The van der Waals surface area contributed by atoms with Gasteiger partial charge in [-0.05, 0) is 151 Å². The molecule has 2 aliphatic carbocycles. The molecule has 0 bridgehead atoms. The van der Waals surface area contributed by atoms with Gasteiger partial charge in [-0.15, -0.1) is 0 Å². The Morgan fingerprint density at radius 3 is 1.25 bits per heavy atom. The predicted molar refractivity (Wildman–Crippen MR) is 298 cm³/mol. The Balaban J connectivity index is 1.10. The van der Waals surface area contributed by atoms with Crippen LogP contribution in [0.25, 0.3) is 67.3 Å². The van der Waals surface area contributed by atoms with Crippen molar-refractivity contribution in [2.24, 2.45) is 0 Å². The molecular weight excluding hydrogens is 833 g/mol. The summed E-state index contributed by atoms with van der Waals surface area (Å²) in [6.45, 7) is 7.70. The second kappa shape index (κ2) is 23.6. The lowest BCUT2D eigenvalue weighted by Crippen LogP contribution is -2.25. The minimum absolute atomic E-state index is 0.0161. The van der Waals surface area contributed by atoms with Gasteiger partial charge in [0, 0.05) is 5.41 Å². The van der Waals surface area contributed by atoms with Crippen molar-refractivity contribution in [3.63, 3.8) is 0 Å². The molecule has 0 N–H and O–H groups in total. The third-order valence-corrected chi connectivity index (χ3v) is 15.4. The fourth-order valence-electron chi connectivity index (χ4n) is 11.6. The van der Waals surface area contributed by atoms with Gasteiger partial charge in [0.2, 0.25) is 0 Å². The summed E-state index contributed by atoms with van der Waals surface area (Å²) in [4.78, 5) is 0. The number of hydrogen-bond acceptors (Lipinski definition) is 1. The number of rotatable bonds is 25. The van der Waals surface area contributed by atoms with Crippen molar-refractivity contribution in [3.8, 4) is 61.4 Å². The summed E-state index contributed by atoms with van der Waals surface area (Å²) in [5, 5.41) is 0. The van der Waals surface area contributed by atoms with Gasteiger partial charge < -0.3 is 4.74 Å². The minimum Gasteiger partial charge on any atom is -0.494 e. The van der Waals surface area contributed by atoms with Crippen molar-refractivity contribution >= 4 is 11.6 Å². The van der Waals surface area contributed by atoms with Crippen molar-refractivity contribution in [2.45, 2.75) is 148 Å². The molecule has 0 aliphatic heterocycles. The molecule has 7 aromatic rings. The standard InChI is InChI=1S/C68H76O/c1-4-7-10-13-15-24-43-68(44-25-16-14-11-8-5-2)66-49-56(53-29-22-19-23-30-53)35-41-61(66)62-42-36-57(50-67(62)68)55-34-40-60-59-39-33-54(52-27-20-18-21-28-52)47-64(59)63(65(60)48-55)46-51-31-37-58(38-32-51)69-45-26-17-12-9-6-3/h18-23,27-42,46-50H,4-17,24-26,43-45H2,1-3H3/b63-46-. The van der Waals surface area contributed by atoms with E-state index in [1.807, 2.05) is 0 Å². The Hall–Kier alpha value is -5.92. The number of ether oxygens (including phenoxy) is 1. The van der Waals surface area contributed by atoms with Gasteiger partial charge in [-0.2, -0.15) is 0 Å². The maximum absolute atomic E-state index is 6.21. The fraction of sp³-hybridized carbons (Fsp3) is 0.353. The zero-order chi connectivity index (χ0) is 47.3. The van der Waals surface area contributed by atoms with Gasteiger partial charge in [-0.1, -0.05) is 245 Å². The van der Waals surface area contributed by atoms with Gasteiger partial charge in [-0.3, -0.25) is 0 Å². The van der Waals surface area contributed by atoms with E-state index in [2.05, 4.69) is 185 Å². The van der Waals surface area contributed by atoms with Gasteiger partial charge in [-0.25, -0.2) is 0 Å². The normalized spacial score (nSPS) is 13.6. The quantitative estimate of drug-likeness (QED) is 0.0519. The summed E-state index contributed by atoms with van der Waals surface area (Å²) in [6.07, 6.45) is 26.8. The van der Waals surface area contributed by atoms with Gasteiger partial charge in [0.05, 0.1) is 6.61 Å². The molecule has 0 amide bonds. The molecule has 0 unspecified atom stereocenters. The Kier molecular flexibility index (Phi) is 16.5. The largest absolute Gasteiger partial charge is 0.494 e. The highest BCUT2D eigenvalue weighted by atomic mass is 16.5. The maximum Gasteiger partial charge on any atom is 0.119 e. The van der Waals surface area contributed by atoms with E-state index in [1.54, 1.807) is 11.1 Å². The zero-order valence-electron chi connectivity index (χ0n) is 42.1. The summed E-state index contributed by atoms with van der Waals surface area (Å²) in [6, 6.07) is 60.0. The molecule has 0 atom stereocenters. The lowest BCUT2D eigenvalue weighted by Gasteiger charge is -2.33. The minimum atomic E-state index is -0.0161. The molecule has 9 rings (SSSR count). The van der Waals surface area contributed by atoms with Crippen molar-refractivity contribution in [3.05, 3.63) is 186 Å². The van der Waals surface area contributed by atoms with Crippen LogP contribution in [0.1, 0.15) is 171 Å². The SMILES string of the molecule is CCCCCCCCC1(CCCCCCCC)c2cc(-c3ccccc3)ccc2-c2ccc(-c3ccc4c(c3)/C(=C\c3ccc(OCCCCCCC)cc3)c3cc(-c5ccccc5)ccc3-4)cc21. The Morgan fingerprint density at radius 1 is 0.348 bits per heavy atom. The predicted octanol–water partition coefficient (Wildman–Crippen LogP) is 20.4. The summed E-state index contributed by atoms with van der Waals surface area (Å²) in [5.41, 5.74) is 21.4. The molecule has 0 radical (unpaired) electrons. The number of unbranched alkanes of at least 4 members (excludes halogenated alkanes) is 14. The molecule has 0 saturated heterocycles. The molecule has 354 valence electrons. The second-order valence-electron chi connectivity index (χ2n) is 20.3. The van der Waals surface area contributed by atoms with Crippen LogP contribution in [0.3, 0.4) is 0 Å². The number of benzene rings is 7. The lowest BCUT2D eigenvalue weighted by molar-refractivity contribution is 0.304. The third kappa shape index (κ3) is 11.1. The van der Waals surface area contributed by atoms with Crippen LogP contribution in [-0.4, -0.2) is 6.61 Å². The van der Waals surface area contributed by atoms with E-state index < -0.39 is 0 Å². The van der Waals surface area contributed by atoms with Crippen molar-refractivity contribution in [1.29, 1.82) is 0 Å². The molecule has 69 heavy (non-hydrogen) atoms. The molecule has 1 nitrogen and oxygen atoms in total. The summed E-state index contributed by atoms with van der Waals surface area (Å²) in [7, 11) is 0. The van der Waals surface area contributed by atoms with E-state index in [9.17, 15) is 0 Å². The summed E-state index contributed by atoms with van der Waals surface area (Å²) in [5.74, 6) is 0.952. The van der Waals surface area contributed by atoms with Crippen molar-refractivity contribution in [1.82, 2.24) is 0 Å². The highest BCUT2D eigenvalue weighted by molar-refractivity contribution is 6.08. The van der Waals surface area contributed by atoms with Crippen LogP contribution >= 0.6 is 0 Å². The van der Waals surface area contributed by atoms with Gasteiger partial charge in [0.25, 0.3) is 0 Å². The highest BCUT2D eigenvalue weighted by Gasteiger charge is 2.42. The molecule has 2 aliphatic rings. The number of hydrogen-bond donors (Lipinski definition) is 0. The molecule has 0 aromatic heterocycles. The molecule has 0 saturated carbocycles. The van der Waals surface area contributed by atoms with Gasteiger partial charge in [0.15, 0.2) is 0 Å². The fourth-order valence-corrected chi connectivity index (χ4v) is 11.6. The van der Waals surface area contributed by atoms with E-state index in [4.69, 9.17) is 4.74 Å². The highest BCUT2D eigenvalue weighted by Crippen LogP contribution is 2.56. The zero-order valence-corrected chi connectivity index (χ0v) is 42.1. The van der Waals surface area contributed by atoms with Crippen LogP contribution in [0.15, 0.2) is 158 Å². The molecule has 0 fully saturated rings. The van der Waals surface area contributed by atoms with Crippen molar-refractivity contribution in [2.75, 3.05) is 6.61 Å². The Bertz CT molecular complexity index is 2760. The number of fused-ring (bicyclic) bond motifs is 6. The van der Waals surface area contributed by atoms with Crippen LogP contribution in [0.2, 0.25) is 0 Å². The molecule has 0 heterocycles. The average molecular weight is 909 g/mol. The third-order valence-electron chi connectivity index (χ3n) is 15.4. The maximum atomic E-state index is 6.21. The smallest absolute Gasteiger partial charge is 0.119 e. The van der Waals surface area contributed by atoms with Gasteiger partial charge in [0.1, 0.15) is 5.75 Å². The first-order valence-electron chi connectivity index (χ1n) is 27.2. The Morgan fingerprint density at radius 2 is 0.754 bits per heavy atom. The van der Waals surface area contributed by atoms with Crippen LogP contribution in [0.4, 0.5) is 0 Å². The topological polar surface area (TPSA) is 9.23 Å². The molecule has 0 spiro atoms. The molecule has 1 heteroatoms. The van der Waals surface area contributed by atoms with E-state index >= 15 is 0 Å². The van der Waals surface area contributed by atoms with E-state index in [0.29, 0.717) is 0 Å². The van der Waals surface area contributed by atoms with Crippen LogP contribution in [-0.2, 0) is 5.41 Å². The van der Waals surface area contributed by atoms with E-state index in [-0.39, 0.29) is 5.41 Å². The van der Waals surface area contributed by atoms with E-state index in [1.165, 1.54) is 193 Å². The Labute approximate surface area is 416 Å². The van der Waals surface area contributed by atoms with E-state index in [0.717, 1.165) is 18.8 Å². The first kappa shape index (κ1) is 48.1. The van der Waals surface area contributed by atoms with Crippen LogP contribution < -0.4 is 4.74 Å². The van der Waals surface area contributed by atoms with Crippen LogP contribution in [0, 0.1) is 0 Å². The molecule has 7 aromatic carbocycles. The van der Waals surface area contributed by atoms with Crippen LogP contribution in [0.5, 0.6) is 5.75 Å². The lowest BCUT2D eigenvalue weighted by atomic mass is 9.70. The first-order chi connectivity index (χ1) is 34.1. The average Bonchev–Trinajstić information content (AvgIpc) is 3.85. The first-order valence-corrected chi connectivity index (χ1v) is 27.2. The summed E-state index contributed by atoms with van der Waals surface area (Å²) >= 11 is 0. The molecular formula is C68H76O. The summed E-state index contributed by atoms with van der Waals surface area (Å²) < 4.78 is 6.21. The van der Waals surface area contributed by atoms with Gasteiger partial charge >= 0.3 is 0 Å². The second-order valence-corrected chi connectivity index (χ2v) is 20.3. The van der Waals surface area contributed by atoms with Crippen molar-refractivity contribution < 1.29 is 4.74 Å².